The summed E-state index contributed by atoms with van der Waals surface area (Å²) in [5.74, 6) is 2.56. The molecule has 0 amide bonds. The summed E-state index contributed by atoms with van der Waals surface area (Å²) < 4.78 is 0. The first-order chi connectivity index (χ1) is 14.4. The van der Waals surface area contributed by atoms with Crippen LogP contribution < -0.4 is 0 Å². The number of benzene rings is 2. The fourth-order valence-electron chi connectivity index (χ4n) is 5.24. The van der Waals surface area contributed by atoms with Crippen molar-refractivity contribution in [2.75, 3.05) is 0 Å². The van der Waals surface area contributed by atoms with Crippen LogP contribution in [0.4, 0.5) is 0 Å². The van der Waals surface area contributed by atoms with Crippen molar-refractivity contribution in [2.45, 2.75) is 104 Å². The van der Waals surface area contributed by atoms with Crippen molar-refractivity contribution in [3.63, 3.8) is 0 Å². The van der Waals surface area contributed by atoms with Crippen LogP contribution in [0.3, 0.4) is 0 Å². The van der Waals surface area contributed by atoms with Crippen LogP contribution in [0.5, 0.6) is 0 Å². The second-order valence-corrected chi connectivity index (χ2v) is 12.0. The highest BCUT2D eigenvalue weighted by molar-refractivity contribution is 5.61. The van der Waals surface area contributed by atoms with Gasteiger partial charge in [0.15, 0.2) is 0 Å². The molecule has 0 heterocycles. The standard InChI is InChI=1S/C31H44/c1-11-20(3)24-15-13-14-16-25(24)21(4)26-19-27(26)29-22(12-2)17-23(30(5,6)7)18-28(29)31(8,9)10/h12-18,20-21,26-27H,2,11,19H2,1,3-10H3. The van der Waals surface area contributed by atoms with Crippen molar-refractivity contribution < 1.29 is 0 Å². The lowest BCUT2D eigenvalue weighted by molar-refractivity contribution is 0.558. The van der Waals surface area contributed by atoms with Crippen molar-refractivity contribution >= 4 is 6.08 Å². The number of hydrogen-bond acceptors (Lipinski definition) is 0. The van der Waals surface area contributed by atoms with Crippen molar-refractivity contribution in [2.24, 2.45) is 5.92 Å². The van der Waals surface area contributed by atoms with Gasteiger partial charge in [-0.15, -0.1) is 0 Å². The van der Waals surface area contributed by atoms with Gasteiger partial charge in [0.1, 0.15) is 0 Å². The SMILES string of the molecule is C=Cc1cc(C(C)(C)C)cc(C(C)(C)C)c1C1CC1C(C)c1ccccc1C(C)CC. The van der Waals surface area contributed by atoms with E-state index < -0.39 is 0 Å². The van der Waals surface area contributed by atoms with Crippen LogP contribution in [0, 0.1) is 5.92 Å². The fraction of sp³-hybridized carbons (Fsp3) is 0.548. The van der Waals surface area contributed by atoms with Gasteiger partial charge < -0.3 is 0 Å². The van der Waals surface area contributed by atoms with Gasteiger partial charge in [-0.2, -0.15) is 0 Å². The van der Waals surface area contributed by atoms with Crippen molar-refractivity contribution in [1.82, 2.24) is 0 Å². The lowest BCUT2D eigenvalue weighted by atomic mass is 9.75. The van der Waals surface area contributed by atoms with E-state index in [-0.39, 0.29) is 10.8 Å². The molecule has 0 aliphatic heterocycles. The Kier molecular flexibility index (Phi) is 6.62. The molecule has 0 spiro atoms. The second-order valence-electron chi connectivity index (χ2n) is 12.0. The third kappa shape index (κ3) is 4.84. The first kappa shape index (κ1) is 23.8. The summed E-state index contributed by atoms with van der Waals surface area (Å²) in [4.78, 5) is 0. The molecule has 1 fully saturated rings. The van der Waals surface area contributed by atoms with Crippen LogP contribution in [0.2, 0.25) is 0 Å². The Morgan fingerprint density at radius 2 is 1.58 bits per heavy atom. The summed E-state index contributed by atoms with van der Waals surface area (Å²) >= 11 is 0. The molecule has 0 nitrogen and oxygen atoms in total. The van der Waals surface area contributed by atoms with Crippen LogP contribution in [0.1, 0.15) is 126 Å². The predicted molar refractivity (Wildman–Crippen MR) is 138 cm³/mol. The van der Waals surface area contributed by atoms with Gasteiger partial charge in [-0.05, 0) is 80.7 Å². The Labute approximate surface area is 192 Å². The lowest BCUT2D eigenvalue weighted by Crippen LogP contribution is -2.19. The van der Waals surface area contributed by atoms with Crippen LogP contribution in [0.15, 0.2) is 43.0 Å². The van der Waals surface area contributed by atoms with E-state index in [1.165, 1.54) is 29.5 Å². The van der Waals surface area contributed by atoms with Gasteiger partial charge in [-0.1, -0.05) is 111 Å². The molecular formula is C31H44. The molecule has 1 aliphatic rings. The quantitative estimate of drug-likeness (QED) is 0.440. The lowest BCUT2D eigenvalue weighted by Gasteiger charge is -2.30. The van der Waals surface area contributed by atoms with Crippen LogP contribution >= 0.6 is 0 Å². The van der Waals surface area contributed by atoms with E-state index in [4.69, 9.17) is 0 Å². The van der Waals surface area contributed by atoms with Gasteiger partial charge in [0.05, 0.1) is 0 Å². The highest BCUT2D eigenvalue weighted by Crippen LogP contribution is 2.58. The zero-order valence-electron chi connectivity index (χ0n) is 21.5. The number of rotatable bonds is 6. The topological polar surface area (TPSA) is 0 Å². The zero-order valence-corrected chi connectivity index (χ0v) is 21.5. The molecule has 168 valence electrons. The summed E-state index contributed by atoms with van der Waals surface area (Å²) in [6.45, 7) is 25.4. The fourth-order valence-corrected chi connectivity index (χ4v) is 5.24. The van der Waals surface area contributed by atoms with E-state index in [1.807, 2.05) is 0 Å². The van der Waals surface area contributed by atoms with Crippen LogP contribution in [0.25, 0.3) is 6.08 Å². The van der Waals surface area contributed by atoms with Crippen molar-refractivity contribution in [3.05, 3.63) is 76.4 Å². The molecular weight excluding hydrogens is 372 g/mol. The first-order valence-electron chi connectivity index (χ1n) is 12.3. The maximum absolute atomic E-state index is 4.22. The monoisotopic (exact) mass is 416 g/mol. The molecule has 0 heteroatoms. The molecule has 2 aromatic carbocycles. The van der Waals surface area contributed by atoms with E-state index in [2.05, 4.69) is 111 Å². The molecule has 1 aliphatic carbocycles. The van der Waals surface area contributed by atoms with E-state index in [9.17, 15) is 0 Å². The molecule has 31 heavy (non-hydrogen) atoms. The Hall–Kier alpha value is -1.82. The minimum Gasteiger partial charge on any atom is -0.0985 e. The minimum atomic E-state index is 0.124. The highest BCUT2D eigenvalue weighted by Gasteiger charge is 2.45. The Morgan fingerprint density at radius 3 is 2.10 bits per heavy atom. The van der Waals surface area contributed by atoms with Gasteiger partial charge >= 0.3 is 0 Å². The summed E-state index contributed by atoms with van der Waals surface area (Å²) in [7, 11) is 0. The van der Waals surface area contributed by atoms with Crippen LogP contribution in [-0.4, -0.2) is 0 Å². The van der Waals surface area contributed by atoms with Gasteiger partial charge in [0, 0.05) is 0 Å². The maximum Gasteiger partial charge on any atom is -0.0116 e. The average molecular weight is 417 g/mol. The normalized spacial score (nSPS) is 20.9. The smallest absolute Gasteiger partial charge is 0.0116 e. The molecule has 0 saturated heterocycles. The van der Waals surface area contributed by atoms with Gasteiger partial charge in [-0.3, -0.25) is 0 Å². The summed E-state index contributed by atoms with van der Waals surface area (Å²) in [6.07, 6.45) is 4.59. The Morgan fingerprint density at radius 1 is 0.968 bits per heavy atom. The van der Waals surface area contributed by atoms with Crippen molar-refractivity contribution in [1.29, 1.82) is 0 Å². The first-order valence-corrected chi connectivity index (χ1v) is 12.3. The van der Waals surface area contributed by atoms with Crippen molar-refractivity contribution in [3.8, 4) is 0 Å². The maximum atomic E-state index is 4.22. The highest BCUT2D eigenvalue weighted by atomic mass is 14.5. The molecule has 4 unspecified atom stereocenters. The van der Waals surface area contributed by atoms with E-state index >= 15 is 0 Å². The third-order valence-electron chi connectivity index (χ3n) is 7.59. The van der Waals surface area contributed by atoms with E-state index in [0.29, 0.717) is 23.7 Å². The van der Waals surface area contributed by atoms with E-state index in [0.717, 1.165) is 0 Å². The number of hydrogen-bond donors (Lipinski definition) is 0. The van der Waals surface area contributed by atoms with Crippen LogP contribution in [-0.2, 0) is 10.8 Å². The third-order valence-corrected chi connectivity index (χ3v) is 7.59. The Balaban J connectivity index is 2.03. The largest absolute Gasteiger partial charge is 0.0985 e. The predicted octanol–water partition coefficient (Wildman–Crippen LogP) is 9.35. The van der Waals surface area contributed by atoms with Gasteiger partial charge in [-0.25, -0.2) is 0 Å². The zero-order chi connectivity index (χ0) is 23.1. The summed E-state index contributed by atoms with van der Waals surface area (Å²) in [5.41, 5.74) is 9.23. The van der Waals surface area contributed by atoms with Gasteiger partial charge in [0.2, 0.25) is 0 Å². The average Bonchev–Trinajstić information content (AvgIpc) is 3.50. The Bertz CT molecular complexity index is 931. The summed E-state index contributed by atoms with van der Waals surface area (Å²) in [6, 6.07) is 14.1. The molecule has 3 rings (SSSR count). The molecule has 0 radical (unpaired) electrons. The second kappa shape index (κ2) is 8.61. The molecule has 0 aromatic heterocycles. The van der Waals surface area contributed by atoms with E-state index in [1.54, 1.807) is 16.7 Å². The molecule has 0 bridgehead atoms. The minimum absolute atomic E-state index is 0.124. The molecule has 0 N–H and O–H groups in total. The van der Waals surface area contributed by atoms with Gasteiger partial charge in [0.25, 0.3) is 0 Å². The summed E-state index contributed by atoms with van der Waals surface area (Å²) in [5, 5.41) is 0. The molecule has 2 aromatic rings. The molecule has 4 atom stereocenters. The molecule has 1 saturated carbocycles.